The van der Waals surface area contributed by atoms with E-state index in [1.165, 1.54) is 0 Å². The van der Waals surface area contributed by atoms with Crippen molar-refractivity contribution in [1.82, 2.24) is 4.90 Å². The lowest BCUT2D eigenvalue weighted by Crippen LogP contribution is -2.58. The van der Waals surface area contributed by atoms with E-state index in [9.17, 15) is 9.90 Å². The molecule has 1 fully saturated rings. The highest BCUT2D eigenvalue weighted by atomic mass is 35.5. The number of hydrogen-bond donors (Lipinski definition) is 1. The molecule has 1 unspecified atom stereocenters. The van der Waals surface area contributed by atoms with Crippen LogP contribution in [0.4, 0.5) is 4.79 Å². The van der Waals surface area contributed by atoms with Crippen molar-refractivity contribution < 1.29 is 14.6 Å². The number of halogens is 1. The van der Waals surface area contributed by atoms with E-state index in [0.717, 1.165) is 19.3 Å². The van der Waals surface area contributed by atoms with Gasteiger partial charge in [-0.2, -0.15) is 0 Å². The van der Waals surface area contributed by atoms with Gasteiger partial charge in [-0.15, -0.1) is 0 Å². The molecule has 0 radical (unpaired) electrons. The Balaban J connectivity index is 2.35. The highest BCUT2D eigenvalue weighted by molar-refractivity contribution is 6.31. The average molecular weight is 354 g/mol. The molecule has 0 spiro atoms. The molecule has 0 aliphatic carbocycles. The van der Waals surface area contributed by atoms with Crippen molar-refractivity contribution in [1.29, 1.82) is 0 Å². The van der Waals surface area contributed by atoms with Gasteiger partial charge in [0.15, 0.2) is 0 Å². The number of carbonyl (C=O) groups excluding carboxylic acids is 1. The van der Waals surface area contributed by atoms with Crippen molar-refractivity contribution in [3.8, 4) is 0 Å². The van der Waals surface area contributed by atoms with Gasteiger partial charge in [0.25, 0.3) is 0 Å². The molecule has 1 saturated heterocycles. The van der Waals surface area contributed by atoms with Gasteiger partial charge in [0.2, 0.25) is 0 Å². The molecule has 1 aliphatic heterocycles. The summed E-state index contributed by atoms with van der Waals surface area (Å²) in [6.45, 7) is 9.58. The Labute approximate surface area is 149 Å². The summed E-state index contributed by atoms with van der Waals surface area (Å²) in [7, 11) is 0. The van der Waals surface area contributed by atoms with Gasteiger partial charge in [0.05, 0.1) is 6.04 Å². The van der Waals surface area contributed by atoms with Crippen molar-refractivity contribution in [3.63, 3.8) is 0 Å². The number of benzene rings is 1. The number of hydrogen-bond acceptors (Lipinski definition) is 3. The number of nitrogens with zero attached hydrogens (tertiary/aromatic N) is 1. The van der Waals surface area contributed by atoms with E-state index in [4.69, 9.17) is 16.3 Å². The number of amides is 1. The first-order valence-corrected chi connectivity index (χ1v) is 8.85. The minimum Gasteiger partial charge on any atom is -0.444 e. The molecule has 1 heterocycles. The Hall–Kier alpha value is -1.26. The Bertz CT molecular complexity index is 595. The third-order valence-electron chi connectivity index (χ3n) is 4.45. The third-order valence-corrected chi connectivity index (χ3v) is 4.79. The van der Waals surface area contributed by atoms with Crippen molar-refractivity contribution in [2.24, 2.45) is 0 Å². The van der Waals surface area contributed by atoms with E-state index in [2.05, 4.69) is 0 Å². The summed E-state index contributed by atoms with van der Waals surface area (Å²) in [4.78, 5) is 14.5. The second-order valence-corrected chi connectivity index (χ2v) is 8.50. The van der Waals surface area contributed by atoms with Crippen LogP contribution in [0.5, 0.6) is 0 Å². The van der Waals surface area contributed by atoms with Crippen LogP contribution in [0.15, 0.2) is 24.3 Å². The fourth-order valence-corrected chi connectivity index (χ4v) is 3.60. The molecular formula is C19H28ClNO3. The number of aliphatic hydroxyl groups excluding tert-OH is 1. The van der Waals surface area contributed by atoms with Gasteiger partial charge in [0, 0.05) is 16.1 Å². The van der Waals surface area contributed by atoms with Gasteiger partial charge < -0.3 is 9.84 Å². The number of aliphatic hydroxyl groups is 1. The smallest absolute Gasteiger partial charge is 0.411 e. The highest BCUT2D eigenvalue weighted by Gasteiger charge is 2.44. The van der Waals surface area contributed by atoms with Gasteiger partial charge in [0.1, 0.15) is 11.7 Å². The third kappa shape index (κ3) is 4.22. The molecule has 0 saturated carbocycles. The van der Waals surface area contributed by atoms with Gasteiger partial charge in [-0.25, -0.2) is 4.79 Å². The normalized spacial score (nSPS) is 22.1. The molecule has 5 heteroatoms. The molecule has 24 heavy (non-hydrogen) atoms. The number of likely N-dealkylation sites (tertiary alicyclic amines) is 1. The van der Waals surface area contributed by atoms with E-state index in [1.54, 1.807) is 11.0 Å². The topological polar surface area (TPSA) is 49.8 Å². The fraction of sp³-hybridized carbons (Fsp3) is 0.632. The number of ether oxygens (including phenoxy) is 1. The van der Waals surface area contributed by atoms with Crippen LogP contribution in [0.2, 0.25) is 5.02 Å². The van der Waals surface area contributed by atoms with E-state index < -0.39 is 11.7 Å². The Kier molecular flexibility index (Phi) is 5.50. The molecule has 1 aliphatic rings. The first-order chi connectivity index (χ1) is 11.0. The molecule has 4 nitrogen and oxygen atoms in total. The molecule has 1 aromatic carbocycles. The van der Waals surface area contributed by atoms with Crippen LogP contribution in [0, 0.1) is 0 Å². The maximum absolute atomic E-state index is 12.8. The number of carbonyl (C=O) groups is 1. The van der Waals surface area contributed by atoms with Gasteiger partial charge >= 0.3 is 6.09 Å². The molecule has 1 amide bonds. The first-order valence-electron chi connectivity index (χ1n) is 8.48. The Morgan fingerprint density at radius 1 is 1.38 bits per heavy atom. The van der Waals surface area contributed by atoms with E-state index in [-0.39, 0.29) is 17.7 Å². The average Bonchev–Trinajstić information content (AvgIpc) is 2.43. The highest BCUT2D eigenvalue weighted by Crippen LogP contribution is 2.39. The summed E-state index contributed by atoms with van der Waals surface area (Å²) in [5.74, 6) is 0. The molecule has 1 aromatic rings. The lowest BCUT2D eigenvalue weighted by Gasteiger charge is -2.49. The summed E-state index contributed by atoms with van der Waals surface area (Å²) in [5.41, 5.74) is -0.312. The van der Waals surface area contributed by atoms with Crippen LogP contribution in [0.1, 0.15) is 65.5 Å². The second kappa shape index (κ2) is 6.93. The SMILES string of the molecule is CC(C)(C)OC(=O)N1C([C@@H](O)c2ccccc2Cl)CCCC1(C)C. The predicted octanol–water partition coefficient (Wildman–Crippen LogP) is 4.94. The van der Waals surface area contributed by atoms with E-state index in [1.807, 2.05) is 52.8 Å². The zero-order valence-electron chi connectivity index (χ0n) is 15.2. The summed E-state index contributed by atoms with van der Waals surface area (Å²) >= 11 is 6.25. The predicted molar refractivity (Wildman–Crippen MR) is 96.2 cm³/mol. The molecule has 134 valence electrons. The Morgan fingerprint density at radius 2 is 2.00 bits per heavy atom. The molecule has 0 bridgehead atoms. The standard InChI is InChI=1S/C19H28ClNO3/c1-18(2,3)24-17(23)21-15(11-8-12-19(21,4)5)16(22)13-9-6-7-10-14(13)20/h6-7,9-10,15-16,22H,8,11-12H2,1-5H3/t15?,16-/m0/s1. The zero-order valence-corrected chi connectivity index (χ0v) is 15.9. The van der Waals surface area contributed by atoms with Crippen LogP contribution in [0.3, 0.4) is 0 Å². The molecule has 0 aromatic heterocycles. The summed E-state index contributed by atoms with van der Waals surface area (Å²) < 4.78 is 5.60. The van der Waals surface area contributed by atoms with Gasteiger partial charge in [-0.05, 0) is 59.9 Å². The summed E-state index contributed by atoms with van der Waals surface area (Å²) in [6, 6.07) is 6.88. The lowest BCUT2D eigenvalue weighted by atomic mass is 9.83. The van der Waals surface area contributed by atoms with Crippen LogP contribution < -0.4 is 0 Å². The number of rotatable bonds is 2. The minimum absolute atomic E-state index is 0.358. The van der Waals surface area contributed by atoms with Crippen LogP contribution in [-0.4, -0.2) is 33.3 Å². The summed E-state index contributed by atoms with van der Waals surface area (Å²) in [6.07, 6.45) is 1.31. The monoisotopic (exact) mass is 353 g/mol. The van der Waals surface area contributed by atoms with Gasteiger partial charge in [-0.1, -0.05) is 29.8 Å². The molecular weight excluding hydrogens is 326 g/mol. The fourth-order valence-electron chi connectivity index (χ4n) is 3.36. The van der Waals surface area contributed by atoms with Crippen molar-refractivity contribution in [2.45, 2.75) is 77.2 Å². The Morgan fingerprint density at radius 3 is 2.58 bits per heavy atom. The molecule has 2 rings (SSSR count). The first kappa shape index (κ1) is 19.1. The van der Waals surface area contributed by atoms with Crippen LogP contribution >= 0.6 is 11.6 Å². The maximum Gasteiger partial charge on any atom is 0.411 e. The van der Waals surface area contributed by atoms with E-state index in [0.29, 0.717) is 10.6 Å². The molecule has 2 atom stereocenters. The van der Waals surface area contributed by atoms with Crippen LogP contribution in [0.25, 0.3) is 0 Å². The summed E-state index contributed by atoms with van der Waals surface area (Å²) in [5, 5.41) is 11.5. The number of piperidine rings is 1. The molecule has 1 N–H and O–H groups in total. The minimum atomic E-state index is -0.842. The van der Waals surface area contributed by atoms with E-state index >= 15 is 0 Å². The maximum atomic E-state index is 12.8. The second-order valence-electron chi connectivity index (χ2n) is 8.09. The lowest BCUT2D eigenvalue weighted by molar-refractivity contribution is -0.0575. The zero-order chi connectivity index (χ0) is 18.1. The quantitative estimate of drug-likeness (QED) is 0.819. The van der Waals surface area contributed by atoms with Crippen LogP contribution in [-0.2, 0) is 4.74 Å². The van der Waals surface area contributed by atoms with Crippen molar-refractivity contribution in [2.75, 3.05) is 0 Å². The van der Waals surface area contributed by atoms with Crippen molar-refractivity contribution in [3.05, 3.63) is 34.9 Å². The van der Waals surface area contributed by atoms with Crippen molar-refractivity contribution >= 4 is 17.7 Å². The van der Waals surface area contributed by atoms with Gasteiger partial charge in [-0.3, -0.25) is 4.90 Å². The largest absolute Gasteiger partial charge is 0.444 e.